The molecule has 0 atom stereocenters. The zero-order valence-electron chi connectivity index (χ0n) is 9.77. The van der Waals surface area contributed by atoms with Gasteiger partial charge in [0.2, 0.25) is 0 Å². The smallest absolute Gasteiger partial charge is 0.0153 e. The Balaban J connectivity index is 2.03. The van der Waals surface area contributed by atoms with E-state index in [1.807, 2.05) is 0 Å². The molecule has 0 aliphatic heterocycles. The minimum absolute atomic E-state index is 0.467. The molecular formula is C12H25NS. The highest BCUT2D eigenvalue weighted by Crippen LogP contribution is 2.27. The Morgan fingerprint density at radius 2 is 1.93 bits per heavy atom. The van der Waals surface area contributed by atoms with Crippen LogP contribution in [-0.4, -0.2) is 23.6 Å². The van der Waals surface area contributed by atoms with Crippen LogP contribution >= 0.6 is 11.8 Å². The number of thioether (sulfide) groups is 1. The lowest BCUT2D eigenvalue weighted by molar-refractivity contribution is 0.255. The molecule has 0 amide bonds. The summed E-state index contributed by atoms with van der Waals surface area (Å²) in [4.78, 5) is 0. The quantitative estimate of drug-likeness (QED) is 0.681. The van der Waals surface area contributed by atoms with Crippen molar-refractivity contribution < 1.29 is 0 Å². The van der Waals surface area contributed by atoms with Crippen LogP contribution in [0.1, 0.15) is 52.4 Å². The van der Waals surface area contributed by atoms with Gasteiger partial charge in [0.1, 0.15) is 0 Å². The van der Waals surface area contributed by atoms with Crippen molar-refractivity contribution in [2.45, 2.75) is 57.9 Å². The molecule has 14 heavy (non-hydrogen) atoms. The summed E-state index contributed by atoms with van der Waals surface area (Å²) in [6.45, 7) is 5.85. The van der Waals surface area contributed by atoms with Gasteiger partial charge in [-0.25, -0.2) is 0 Å². The molecule has 0 aromatic carbocycles. The van der Waals surface area contributed by atoms with Crippen molar-refractivity contribution in [3.8, 4) is 0 Å². The molecule has 1 rings (SSSR count). The SMILES string of the molecule is CCSCCCNC1(C)CCCCC1. The molecule has 0 bridgehead atoms. The Labute approximate surface area is 93.4 Å². The Hall–Kier alpha value is 0.310. The summed E-state index contributed by atoms with van der Waals surface area (Å²) >= 11 is 2.05. The third kappa shape index (κ3) is 4.70. The highest BCUT2D eigenvalue weighted by molar-refractivity contribution is 7.99. The largest absolute Gasteiger partial charge is 0.311 e. The minimum atomic E-state index is 0.467. The van der Waals surface area contributed by atoms with Crippen LogP contribution < -0.4 is 5.32 Å². The zero-order chi connectivity index (χ0) is 10.3. The van der Waals surface area contributed by atoms with Gasteiger partial charge in [-0.3, -0.25) is 0 Å². The molecule has 1 N–H and O–H groups in total. The molecule has 0 heterocycles. The van der Waals surface area contributed by atoms with Gasteiger partial charge in [-0.1, -0.05) is 26.2 Å². The second-order valence-electron chi connectivity index (χ2n) is 4.60. The molecule has 1 nitrogen and oxygen atoms in total. The van der Waals surface area contributed by atoms with E-state index < -0.39 is 0 Å². The van der Waals surface area contributed by atoms with E-state index in [9.17, 15) is 0 Å². The average molecular weight is 215 g/mol. The molecule has 1 saturated carbocycles. The summed E-state index contributed by atoms with van der Waals surface area (Å²) < 4.78 is 0. The maximum atomic E-state index is 3.74. The molecule has 84 valence electrons. The summed E-state index contributed by atoms with van der Waals surface area (Å²) in [6.07, 6.45) is 8.39. The number of nitrogens with one attached hydrogen (secondary N) is 1. The Morgan fingerprint density at radius 1 is 1.21 bits per heavy atom. The second kappa shape index (κ2) is 6.73. The summed E-state index contributed by atoms with van der Waals surface area (Å²) in [6, 6.07) is 0. The van der Waals surface area contributed by atoms with E-state index in [1.54, 1.807) is 0 Å². The van der Waals surface area contributed by atoms with E-state index in [0.717, 1.165) is 0 Å². The Bertz CT molecular complexity index is 141. The molecule has 0 aromatic rings. The van der Waals surface area contributed by atoms with Gasteiger partial charge in [-0.15, -0.1) is 0 Å². The van der Waals surface area contributed by atoms with Crippen molar-refractivity contribution >= 4 is 11.8 Å². The van der Waals surface area contributed by atoms with Gasteiger partial charge < -0.3 is 5.32 Å². The van der Waals surface area contributed by atoms with Gasteiger partial charge in [0.25, 0.3) is 0 Å². The van der Waals surface area contributed by atoms with E-state index in [0.29, 0.717) is 5.54 Å². The maximum Gasteiger partial charge on any atom is 0.0153 e. The predicted molar refractivity (Wildman–Crippen MR) is 67.1 cm³/mol. The van der Waals surface area contributed by atoms with E-state index >= 15 is 0 Å². The highest BCUT2D eigenvalue weighted by Gasteiger charge is 2.25. The zero-order valence-corrected chi connectivity index (χ0v) is 10.6. The number of hydrogen-bond acceptors (Lipinski definition) is 2. The lowest BCUT2D eigenvalue weighted by Gasteiger charge is -2.34. The lowest BCUT2D eigenvalue weighted by Crippen LogP contribution is -2.44. The van der Waals surface area contributed by atoms with Crippen molar-refractivity contribution in [3.63, 3.8) is 0 Å². The third-order valence-electron chi connectivity index (χ3n) is 3.18. The fourth-order valence-electron chi connectivity index (χ4n) is 2.22. The Morgan fingerprint density at radius 3 is 2.57 bits per heavy atom. The first-order valence-corrected chi connectivity index (χ1v) is 7.25. The molecule has 2 heteroatoms. The van der Waals surface area contributed by atoms with Gasteiger partial charge >= 0.3 is 0 Å². The molecule has 0 spiro atoms. The van der Waals surface area contributed by atoms with Gasteiger partial charge in [0.15, 0.2) is 0 Å². The van der Waals surface area contributed by atoms with Crippen molar-refractivity contribution in [3.05, 3.63) is 0 Å². The van der Waals surface area contributed by atoms with Crippen molar-refractivity contribution in [2.24, 2.45) is 0 Å². The monoisotopic (exact) mass is 215 g/mol. The van der Waals surface area contributed by atoms with Crippen LogP contribution in [0.2, 0.25) is 0 Å². The summed E-state index contributed by atoms with van der Waals surface area (Å²) in [5, 5.41) is 3.74. The number of rotatable bonds is 6. The first-order valence-electron chi connectivity index (χ1n) is 6.10. The lowest BCUT2D eigenvalue weighted by atomic mass is 9.83. The summed E-state index contributed by atoms with van der Waals surface area (Å²) in [7, 11) is 0. The van der Waals surface area contributed by atoms with Crippen molar-refractivity contribution in [1.82, 2.24) is 5.32 Å². The molecule has 0 radical (unpaired) electrons. The van der Waals surface area contributed by atoms with Gasteiger partial charge in [0, 0.05) is 5.54 Å². The third-order valence-corrected chi connectivity index (χ3v) is 4.16. The van der Waals surface area contributed by atoms with E-state index in [-0.39, 0.29) is 0 Å². The van der Waals surface area contributed by atoms with Crippen molar-refractivity contribution in [2.75, 3.05) is 18.1 Å². The van der Waals surface area contributed by atoms with E-state index in [4.69, 9.17) is 0 Å². The van der Waals surface area contributed by atoms with Gasteiger partial charge in [-0.2, -0.15) is 11.8 Å². The normalized spacial score (nSPS) is 21.0. The van der Waals surface area contributed by atoms with E-state index in [1.165, 1.54) is 56.6 Å². The van der Waals surface area contributed by atoms with E-state index in [2.05, 4.69) is 30.9 Å². The summed E-state index contributed by atoms with van der Waals surface area (Å²) in [5.41, 5.74) is 0.467. The molecule has 0 aromatic heterocycles. The van der Waals surface area contributed by atoms with Crippen LogP contribution in [0.3, 0.4) is 0 Å². The summed E-state index contributed by atoms with van der Waals surface area (Å²) in [5.74, 6) is 2.58. The molecular weight excluding hydrogens is 190 g/mol. The van der Waals surface area contributed by atoms with Crippen LogP contribution in [0.15, 0.2) is 0 Å². The fraction of sp³-hybridized carbons (Fsp3) is 1.00. The van der Waals surface area contributed by atoms with Crippen LogP contribution in [0.5, 0.6) is 0 Å². The average Bonchev–Trinajstić information content (AvgIpc) is 2.18. The van der Waals surface area contributed by atoms with Crippen LogP contribution in [0.4, 0.5) is 0 Å². The molecule has 1 aliphatic carbocycles. The van der Waals surface area contributed by atoms with Crippen molar-refractivity contribution in [1.29, 1.82) is 0 Å². The second-order valence-corrected chi connectivity index (χ2v) is 5.99. The minimum Gasteiger partial charge on any atom is -0.311 e. The first kappa shape index (κ1) is 12.4. The fourth-order valence-corrected chi connectivity index (χ4v) is 2.85. The van der Waals surface area contributed by atoms with Gasteiger partial charge in [0.05, 0.1) is 0 Å². The highest BCUT2D eigenvalue weighted by atomic mass is 32.2. The van der Waals surface area contributed by atoms with Crippen LogP contribution in [-0.2, 0) is 0 Å². The van der Waals surface area contributed by atoms with Crippen LogP contribution in [0, 0.1) is 0 Å². The maximum absolute atomic E-state index is 3.74. The molecule has 0 unspecified atom stereocenters. The number of hydrogen-bond donors (Lipinski definition) is 1. The molecule has 0 saturated heterocycles. The predicted octanol–water partition coefficient (Wildman–Crippen LogP) is 3.44. The molecule has 1 fully saturated rings. The Kier molecular flexibility index (Phi) is 5.95. The topological polar surface area (TPSA) is 12.0 Å². The molecule has 1 aliphatic rings. The van der Waals surface area contributed by atoms with Crippen LogP contribution in [0.25, 0.3) is 0 Å². The first-order chi connectivity index (χ1) is 6.77. The standard InChI is InChI=1S/C12H25NS/c1-3-14-11-7-10-13-12(2)8-5-4-6-9-12/h13H,3-11H2,1-2H3. The van der Waals surface area contributed by atoms with Gasteiger partial charge in [-0.05, 0) is 44.2 Å².